The van der Waals surface area contributed by atoms with Crippen molar-refractivity contribution in [2.45, 2.75) is 39.2 Å². The first kappa shape index (κ1) is 13.1. The van der Waals surface area contributed by atoms with E-state index in [0.717, 1.165) is 37.9 Å². The Hall–Kier alpha value is -1.35. The van der Waals surface area contributed by atoms with Crippen LogP contribution in [0.1, 0.15) is 38.2 Å². The van der Waals surface area contributed by atoms with Crippen LogP contribution in [0.15, 0.2) is 24.3 Å². The van der Waals surface area contributed by atoms with Crippen LogP contribution in [0.2, 0.25) is 0 Å². The quantitative estimate of drug-likeness (QED) is 0.810. The summed E-state index contributed by atoms with van der Waals surface area (Å²) in [7, 11) is 1.93. The van der Waals surface area contributed by atoms with E-state index < -0.39 is 0 Å². The standard InChI is InChI=1S/C15H22N2O/c1-3-8-15(9-10-15)14(18)17-13-6-4-12(5-7-13)11-16-2/h4-7,16H,3,8-11H2,1-2H3,(H,17,18). The van der Waals surface area contributed by atoms with Crippen LogP contribution in [0.3, 0.4) is 0 Å². The Labute approximate surface area is 109 Å². The molecule has 1 aliphatic rings. The van der Waals surface area contributed by atoms with Crippen LogP contribution in [0.25, 0.3) is 0 Å². The third-order valence-electron chi connectivity index (χ3n) is 3.66. The van der Waals surface area contributed by atoms with Gasteiger partial charge in [-0.2, -0.15) is 0 Å². The maximum absolute atomic E-state index is 12.2. The van der Waals surface area contributed by atoms with Gasteiger partial charge in [0.2, 0.25) is 5.91 Å². The van der Waals surface area contributed by atoms with Crippen molar-refractivity contribution in [2.75, 3.05) is 12.4 Å². The molecular formula is C15H22N2O. The Bertz CT molecular complexity index is 407. The fraction of sp³-hybridized carbons (Fsp3) is 0.533. The smallest absolute Gasteiger partial charge is 0.230 e. The van der Waals surface area contributed by atoms with Gasteiger partial charge < -0.3 is 10.6 Å². The molecule has 0 unspecified atom stereocenters. The van der Waals surface area contributed by atoms with Gasteiger partial charge in [-0.3, -0.25) is 4.79 Å². The molecule has 1 aromatic carbocycles. The average Bonchev–Trinajstić information content (AvgIpc) is 3.13. The molecule has 0 heterocycles. The topological polar surface area (TPSA) is 41.1 Å². The minimum absolute atomic E-state index is 0.0571. The van der Waals surface area contributed by atoms with Crippen LogP contribution in [0.5, 0.6) is 0 Å². The van der Waals surface area contributed by atoms with Crippen LogP contribution >= 0.6 is 0 Å². The molecule has 2 rings (SSSR count). The lowest BCUT2D eigenvalue weighted by atomic mass is 9.99. The van der Waals surface area contributed by atoms with Crippen LogP contribution in [-0.2, 0) is 11.3 Å². The number of carbonyl (C=O) groups excluding carboxylic acids is 1. The van der Waals surface area contributed by atoms with Crippen molar-refractivity contribution in [1.29, 1.82) is 0 Å². The minimum Gasteiger partial charge on any atom is -0.326 e. The predicted octanol–water partition coefficient (Wildman–Crippen LogP) is 2.92. The molecule has 2 N–H and O–H groups in total. The van der Waals surface area contributed by atoms with Crippen molar-refractivity contribution >= 4 is 11.6 Å². The average molecular weight is 246 g/mol. The molecule has 0 radical (unpaired) electrons. The van der Waals surface area contributed by atoms with Crippen LogP contribution < -0.4 is 10.6 Å². The summed E-state index contributed by atoms with van der Waals surface area (Å²) in [6.45, 7) is 2.99. The molecule has 0 spiro atoms. The van der Waals surface area contributed by atoms with Crippen LogP contribution in [0.4, 0.5) is 5.69 Å². The highest BCUT2D eigenvalue weighted by atomic mass is 16.2. The fourth-order valence-electron chi connectivity index (χ4n) is 2.39. The van der Waals surface area contributed by atoms with E-state index in [1.54, 1.807) is 0 Å². The van der Waals surface area contributed by atoms with Crippen molar-refractivity contribution in [2.24, 2.45) is 5.41 Å². The molecule has 0 atom stereocenters. The van der Waals surface area contributed by atoms with E-state index in [2.05, 4.69) is 17.6 Å². The largest absolute Gasteiger partial charge is 0.326 e. The molecule has 18 heavy (non-hydrogen) atoms. The third-order valence-corrected chi connectivity index (χ3v) is 3.66. The van der Waals surface area contributed by atoms with E-state index >= 15 is 0 Å². The van der Waals surface area contributed by atoms with E-state index in [9.17, 15) is 4.79 Å². The summed E-state index contributed by atoms with van der Waals surface area (Å²) in [5, 5.41) is 6.15. The lowest BCUT2D eigenvalue weighted by Gasteiger charge is -2.14. The van der Waals surface area contributed by atoms with E-state index in [1.165, 1.54) is 5.56 Å². The van der Waals surface area contributed by atoms with Gasteiger partial charge in [0.15, 0.2) is 0 Å². The Morgan fingerprint density at radius 1 is 1.28 bits per heavy atom. The Balaban J connectivity index is 1.95. The Morgan fingerprint density at radius 2 is 1.94 bits per heavy atom. The predicted molar refractivity (Wildman–Crippen MR) is 74.4 cm³/mol. The number of anilines is 1. The number of rotatable bonds is 6. The molecule has 3 nitrogen and oxygen atoms in total. The van der Waals surface area contributed by atoms with Crippen molar-refractivity contribution in [1.82, 2.24) is 5.32 Å². The third kappa shape index (κ3) is 2.91. The number of amides is 1. The summed E-state index contributed by atoms with van der Waals surface area (Å²) in [4.78, 5) is 12.2. The second-order valence-electron chi connectivity index (χ2n) is 5.21. The summed E-state index contributed by atoms with van der Waals surface area (Å²) in [5.41, 5.74) is 2.07. The normalized spacial score (nSPS) is 16.3. The van der Waals surface area contributed by atoms with Gasteiger partial charge in [0.25, 0.3) is 0 Å². The number of hydrogen-bond acceptors (Lipinski definition) is 2. The number of nitrogens with one attached hydrogen (secondary N) is 2. The van der Waals surface area contributed by atoms with E-state index in [0.29, 0.717) is 0 Å². The van der Waals surface area contributed by atoms with Crippen molar-refractivity contribution in [3.8, 4) is 0 Å². The molecule has 1 aromatic rings. The van der Waals surface area contributed by atoms with Gasteiger partial charge in [0.1, 0.15) is 0 Å². The Morgan fingerprint density at radius 3 is 2.44 bits per heavy atom. The zero-order valence-corrected chi connectivity index (χ0v) is 11.3. The molecule has 1 saturated carbocycles. The second kappa shape index (κ2) is 5.53. The van der Waals surface area contributed by atoms with Crippen molar-refractivity contribution < 1.29 is 4.79 Å². The second-order valence-corrected chi connectivity index (χ2v) is 5.21. The van der Waals surface area contributed by atoms with Gasteiger partial charge in [0.05, 0.1) is 0 Å². The lowest BCUT2D eigenvalue weighted by molar-refractivity contribution is -0.121. The highest BCUT2D eigenvalue weighted by molar-refractivity contribution is 5.97. The van der Waals surface area contributed by atoms with E-state index in [4.69, 9.17) is 0 Å². The molecule has 0 bridgehead atoms. The summed E-state index contributed by atoms with van der Waals surface area (Å²) in [6, 6.07) is 8.05. The molecular weight excluding hydrogens is 224 g/mol. The molecule has 1 fully saturated rings. The van der Waals surface area contributed by atoms with Gasteiger partial charge in [-0.25, -0.2) is 0 Å². The summed E-state index contributed by atoms with van der Waals surface area (Å²) >= 11 is 0. The molecule has 0 saturated heterocycles. The SMILES string of the molecule is CCCC1(C(=O)Nc2ccc(CNC)cc2)CC1. The lowest BCUT2D eigenvalue weighted by Crippen LogP contribution is -2.24. The maximum atomic E-state index is 12.2. The first-order chi connectivity index (χ1) is 8.70. The minimum atomic E-state index is -0.0571. The van der Waals surface area contributed by atoms with Crippen LogP contribution in [-0.4, -0.2) is 13.0 Å². The molecule has 98 valence electrons. The molecule has 3 heteroatoms. The summed E-state index contributed by atoms with van der Waals surface area (Å²) in [5.74, 6) is 0.200. The molecule has 1 aliphatic carbocycles. The first-order valence-corrected chi connectivity index (χ1v) is 6.75. The zero-order chi connectivity index (χ0) is 13.0. The molecule has 0 aliphatic heterocycles. The van der Waals surface area contributed by atoms with Gasteiger partial charge in [-0.05, 0) is 44.0 Å². The summed E-state index contributed by atoms with van der Waals surface area (Å²) in [6.07, 6.45) is 4.18. The monoisotopic (exact) mass is 246 g/mol. The van der Waals surface area contributed by atoms with Gasteiger partial charge in [0, 0.05) is 17.6 Å². The van der Waals surface area contributed by atoms with Crippen LogP contribution in [0, 0.1) is 5.41 Å². The van der Waals surface area contributed by atoms with Crippen molar-refractivity contribution in [3.63, 3.8) is 0 Å². The van der Waals surface area contributed by atoms with Gasteiger partial charge >= 0.3 is 0 Å². The van der Waals surface area contributed by atoms with E-state index in [1.807, 2.05) is 31.3 Å². The fourth-order valence-corrected chi connectivity index (χ4v) is 2.39. The highest BCUT2D eigenvalue weighted by Gasteiger charge is 2.48. The van der Waals surface area contributed by atoms with Crippen molar-refractivity contribution in [3.05, 3.63) is 29.8 Å². The van der Waals surface area contributed by atoms with Gasteiger partial charge in [-0.15, -0.1) is 0 Å². The molecule has 1 amide bonds. The Kier molecular flexibility index (Phi) is 4.02. The number of benzene rings is 1. The van der Waals surface area contributed by atoms with E-state index in [-0.39, 0.29) is 11.3 Å². The highest BCUT2D eigenvalue weighted by Crippen LogP contribution is 2.50. The van der Waals surface area contributed by atoms with Gasteiger partial charge in [-0.1, -0.05) is 25.5 Å². The maximum Gasteiger partial charge on any atom is 0.230 e. The number of hydrogen-bond donors (Lipinski definition) is 2. The zero-order valence-electron chi connectivity index (χ0n) is 11.3. The summed E-state index contributed by atoms with van der Waals surface area (Å²) < 4.78 is 0. The number of carbonyl (C=O) groups is 1. The molecule has 0 aromatic heterocycles. The first-order valence-electron chi connectivity index (χ1n) is 6.75.